The van der Waals surface area contributed by atoms with Crippen molar-refractivity contribution in [1.82, 2.24) is 4.98 Å². The molecule has 0 aliphatic rings. The van der Waals surface area contributed by atoms with Crippen molar-refractivity contribution in [3.8, 4) is 0 Å². The first-order valence-electron chi connectivity index (χ1n) is 5.05. The van der Waals surface area contributed by atoms with Crippen LogP contribution in [0.1, 0.15) is 17.3 Å². The van der Waals surface area contributed by atoms with Gasteiger partial charge in [-0.05, 0) is 13.0 Å². The normalized spacial score (nSPS) is 11.3. The first-order valence-corrected chi connectivity index (χ1v) is 5.05. The van der Waals surface area contributed by atoms with Gasteiger partial charge in [-0.2, -0.15) is 13.2 Å². The Morgan fingerprint density at radius 1 is 1.56 bits per heavy atom. The highest BCUT2D eigenvalue weighted by atomic mass is 19.4. The minimum absolute atomic E-state index is 0.0137. The van der Waals surface area contributed by atoms with E-state index in [0.717, 1.165) is 17.2 Å². The molecule has 1 heterocycles. The molecule has 0 aliphatic heterocycles. The minimum Gasteiger partial charge on any atom is -0.478 e. The third-order valence-corrected chi connectivity index (χ3v) is 2.25. The zero-order valence-corrected chi connectivity index (χ0v) is 9.53. The Balaban J connectivity index is 3.14. The van der Waals surface area contributed by atoms with Gasteiger partial charge in [0.15, 0.2) is 5.82 Å². The van der Waals surface area contributed by atoms with E-state index in [1.807, 2.05) is 0 Å². The van der Waals surface area contributed by atoms with Crippen LogP contribution in [-0.2, 0) is 0 Å². The van der Waals surface area contributed by atoms with Crippen molar-refractivity contribution in [3.63, 3.8) is 0 Å². The summed E-state index contributed by atoms with van der Waals surface area (Å²) < 4.78 is 37.0. The Morgan fingerprint density at radius 2 is 2.17 bits per heavy atom. The largest absolute Gasteiger partial charge is 0.478 e. The quantitative estimate of drug-likeness (QED) is 0.865. The second-order valence-electron chi connectivity index (χ2n) is 3.53. The van der Waals surface area contributed by atoms with Gasteiger partial charge in [0.1, 0.15) is 6.54 Å². The Labute approximate surface area is 101 Å². The van der Waals surface area contributed by atoms with E-state index >= 15 is 0 Å². The van der Waals surface area contributed by atoms with Gasteiger partial charge in [-0.1, -0.05) is 0 Å². The summed E-state index contributed by atoms with van der Waals surface area (Å²) in [7, 11) is 0. The van der Waals surface area contributed by atoms with E-state index in [0.29, 0.717) is 0 Å². The maximum atomic E-state index is 12.3. The molecule has 18 heavy (non-hydrogen) atoms. The zero-order chi connectivity index (χ0) is 13.9. The number of anilines is 2. The number of rotatable bonds is 4. The number of alkyl halides is 3. The maximum absolute atomic E-state index is 12.3. The van der Waals surface area contributed by atoms with Crippen LogP contribution in [0.5, 0.6) is 0 Å². The molecule has 0 aromatic carbocycles. The number of carbonyl (C=O) groups is 1. The minimum atomic E-state index is -4.41. The maximum Gasteiger partial charge on any atom is 0.405 e. The standard InChI is InChI=1S/C10H12F3N3O2/c1-2-16(5-10(11,12)13)8-7(14)6(9(17)18)3-4-15-8/h3-4H,2,5,14H2,1H3,(H,17,18). The summed E-state index contributed by atoms with van der Waals surface area (Å²) in [5.41, 5.74) is 5.00. The van der Waals surface area contributed by atoms with Crippen molar-refractivity contribution in [2.45, 2.75) is 13.1 Å². The Kier molecular flexibility index (Phi) is 4.00. The number of carboxylic acid groups (broad SMARTS) is 1. The third-order valence-electron chi connectivity index (χ3n) is 2.25. The van der Waals surface area contributed by atoms with Crippen LogP contribution in [0.4, 0.5) is 24.7 Å². The summed E-state index contributed by atoms with van der Waals surface area (Å²) in [6.45, 7) is 0.282. The number of hydrogen-bond donors (Lipinski definition) is 2. The lowest BCUT2D eigenvalue weighted by Crippen LogP contribution is -2.35. The van der Waals surface area contributed by atoms with Crippen molar-refractivity contribution >= 4 is 17.5 Å². The summed E-state index contributed by atoms with van der Waals surface area (Å²) in [4.78, 5) is 15.4. The SMILES string of the molecule is CCN(CC(F)(F)F)c1nccc(C(=O)O)c1N. The average Bonchev–Trinajstić information content (AvgIpc) is 2.25. The highest BCUT2D eigenvalue weighted by Gasteiger charge is 2.32. The Hall–Kier alpha value is -1.99. The molecule has 5 nitrogen and oxygen atoms in total. The van der Waals surface area contributed by atoms with Crippen LogP contribution >= 0.6 is 0 Å². The average molecular weight is 263 g/mol. The molecule has 0 saturated carbocycles. The van der Waals surface area contributed by atoms with Gasteiger partial charge in [0.2, 0.25) is 0 Å². The molecular weight excluding hydrogens is 251 g/mol. The van der Waals surface area contributed by atoms with E-state index < -0.39 is 18.7 Å². The van der Waals surface area contributed by atoms with Crippen molar-refractivity contribution in [3.05, 3.63) is 17.8 Å². The summed E-state index contributed by atoms with van der Waals surface area (Å²) in [5, 5.41) is 8.83. The molecule has 0 unspecified atom stereocenters. The molecule has 0 spiro atoms. The van der Waals surface area contributed by atoms with E-state index in [4.69, 9.17) is 10.8 Å². The molecule has 0 bridgehead atoms. The number of nitrogens with zero attached hydrogens (tertiary/aromatic N) is 2. The molecule has 0 saturated heterocycles. The number of pyridine rings is 1. The fraction of sp³-hybridized carbons (Fsp3) is 0.400. The first-order chi connectivity index (χ1) is 8.26. The number of halogens is 3. The molecule has 8 heteroatoms. The lowest BCUT2D eigenvalue weighted by atomic mass is 10.2. The van der Waals surface area contributed by atoms with E-state index in [1.54, 1.807) is 0 Å². The van der Waals surface area contributed by atoms with Crippen LogP contribution in [0.15, 0.2) is 12.3 Å². The molecule has 1 rings (SSSR count). The van der Waals surface area contributed by atoms with E-state index in [2.05, 4.69) is 4.98 Å². The zero-order valence-electron chi connectivity index (χ0n) is 9.53. The molecule has 1 aromatic heterocycles. The highest BCUT2D eigenvalue weighted by Crippen LogP contribution is 2.27. The summed E-state index contributed by atoms with van der Waals surface area (Å²) in [6, 6.07) is 1.14. The predicted octanol–water partition coefficient (Wildman–Crippen LogP) is 1.75. The second-order valence-corrected chi connectivity index (χ2v) is 3.53. The van der Waals surface area contributed by atoms with Crippen molar-refractivity contribution in [2.75, 3.05) is 23.7 Å². The highest BCUT2D eigenvalue weighted by molar-refractivity contribution is 5.96. The Bertz CT molecular complexity index is 448. The summed E-state index contributed by atoms with van der Waals surface area (Å²) in [6.07, 6.45) is -3.29. The predicted molar refractivity (Wildman–Crippen MR) is 59.6 cm³/mol. The van der Waals surface area contributed by atoms with Gasteiger partial charge in [0.05, 0.1) is 11.3 Å². The van der Waals surface area contributed by atoms with Gasteiger partial charge in [0.25, 0.3) is 0 Å². The van der Waals surface area contributed by atoms with Gasteiger partial charge < -0.3 is 15.7 Å². The Morgan fingerprint density at radius 3 is 2.61 bits per heavy atom. The van der Waals surface area contributed by atoms with Crippen LogP contribution < -0.4 is 10.6 Å². The van der Waals surface area contributed by atoms with Crippen LogP contribution in [0.25, 0.3) is 0 Å². The van der Waals surface area contributed by atoms with Gasteiger partial charge in [0, 0.05) is 12.7 Å². The van der Waals surface area contributed by atoms with Gasteiger partial charge in [-0.3, -0.25) is 0 Å². The molecule has 0 amide bonds. The van der Waals surface area contributed by atoms with Gasteiger partial charge in [-0.25, -0.2) is 9.78 Å². The number of aromatic nitrogens is 1. The fourth-order valence-electron chi connectivity index (χ4n) is 1.45. The number of nitrogen functional groups attached to an aromatic ring is 1. The monoisotopic (exact) mass is 263 g/mol. The van der Waals surface area contributed by atoms with Crippen LogP contribution in [-0.4, -0.2) is 35.3 Å². The summed E-state index contributed by atoms with van der Waals surface area (Å²) >= 11 is 0. The third kappa shape index (κ3) is 3.25. The van der Waals surface area contributed by atoms with Gasteiger partial charge in [-0.15, -0.1) is 0 Å². The van der Waals surface area contributed by atoms with Crippen LogP contribution in [0.3, 0.4) is 0 Å². The van der Waals surface area contributed by atoms with Crippen molar-refractivity contribution in [1.29, 1.82) is 0 Å². The van der Waals surface area contributed by atoms with Crippen LogP contribution in [0.2, 0.25) is 0 Å². The topological polar surface area (TPSA) is 79.5 Å². The number of hydrogen-bond acceptors (Lipinski definition) is 4. The number of aromatic carboxylic acids is 1. The number of nitrogens with two attached hydrogens (primary N) is 1. The van der Waals surface area contributed by atoms with E-state index in [-0.39, 0.29) is 23.6 Å². The molecule has 0 radical (unpaired) electrons. The molecule has 0 atom stereocenters. The van der Waals surface area contributed by atoms with Crippen molar-refractivity contribution in [2.24, 2.45) is 0 Å². The molecule has 0 fully saturated rings. The molecule has 1 aromatic rings. The summed E-state index contributed by atoms with van der Waals surface area (Å²) in [5.74, 6) is -1.48. The molecule has 3 N–H and O–H groups in total. The number of carboxylic acids is 1. The first kappa shape index (κ1) is 14.1. The molecule has 100 valence electrons. The second kappa shape index (κ2) is 5.11. The van der Waals surface area contributed by atoms with E-state index in [1.165, 1.54) is 6.92 Å². The van der Waals surface area contributed by atoms with Crippen LogP contribution in [0, 0.1) is 0 Å². The van der Waals surface area contributed by atoms with Crippen molar-refractivity contribution < 1.29 is 23.1 Å². The molecular formula is C10H12F3N3O2. The van der Waals surface area contributed by atoms with E-state index in [9.17, 15) is 18.0 Å². The van der Waals surface area contributed by atoms with Gasteiger partial charge >= 0.3 is 12.1 Å². The lowest BCUT2D eigenvalue weighted by Gasteiger charge is -2.24. The fourth-order valence-corrected chi connectivity index (χ4v) is 1.45. The lowest BCUT2D eigenvalue weighted by molar-refractivity contribution is -0.119. The smallest absolute Gasteiger partial charge is 0.405 e. The molecule has 0 aliphatic carbocycles.